The summed E-state index contributed by atoms with van der Waals surface area (Å²) in [7, 11) is 0. The van der Waals surface area contributed by atoms with Gasteiger partial charge in [-0.1, -0.05) is 145 Å². The second-order valence-electron chi connectivity index (χ2n) is 14.5. The van der Waals surface area contributed by atoms with Crippen LogP contribution >= 0.6 is 0 Å². The second-order valence-corrected chi connectivity index (χ2v) is 14.5. The van der Waals surface area contributed by atoms with Gasteiger partial charge in [0.1, 0.15) is 22.3 Å². The average molecular weight is 732 g/mol. The Balaban J connectivity index is 1.04. The monoisotopic (exact) mass is 731 g/mol. The maximum absolute atomic E-state index is 6.57. The molecular weight excluding hydrogens is 699 g/mol. The fourth-order valence-corrected chi connectivity index (χ4v) is 7.97. The molecule has 3 aromatic heterocycles. The first-order chi connectivity index (χ1) is 28.1. The zero-order valence-corrected chi connectivity index (χ0v) is 31.0. The van der Waals surface area contributed by atoms with Gasteiger partial charge in [-0.25, -0.2) is 15.0 Å². The van der Waals surface area contributed by atoms with Gasteiger partial charge in [0.05, 0.1) is 0 Å². The summed E-state index contributed by atoms with van der Waals surface area (Å²) < 4.78 is 12.8. The van der Waals surface area contributed by atoms with E-state index in [-0.39, 0.29) is 0 Å². The van der Waals surface area contributed by atoms with Gasteiger partial charge in [-0.3, -0.25) is 0 Å². The Hall–Kier alpha value is -7.63. The molecule has 0 N–H and O–H groups in total. The van der Waals surface area contributed by atoms with Gasteiger partial charge in [0.2, 0.25) is 0 Å². The van der Waals surface area contributed by atoms with Crippen molar-refractivity contribution < 1.29 is 8.83 Å². The average Bonchev–Trinajstić information content (AvgIpc) is 3.84. The first-order valence-corrected chi connectivity index (χ1v) is 19.1. The Kier molecular flexibility index (Phi) is 7.64. The number of hydrogen-bond acceptors (Lipinski definition) is 5. The molecule has 3 heterocycles. The fourth-order valence-electron chi connectivity index (χ4n) is 7.97. The second kappa shape index (κ2) is 13.3. The van der Waals surface area contributed by atoms with Crippen LogP contribution in [-0.4, -0.2) is 15.0 Å². The van der Waals surface area contributed by atoms with E-state index in [1.165, 1.54) is 16.7 Å². The fraction of sp³-hybridized carbons (Fsp3) is 0.0192. The minimum Gasteiger partial charge on any atom is -0.456 e. The quantitative estimate of drug-likeness (QED) is 0.170. The number of para-hydroxylation sites is 1. The summed E-state index contributed by atoms with van der Waals surface area (Å²) in [6, 6.07) is 62.9. The van der Waals surface area contributed by atoms with Crippen molar-refractivity contribution in [2.24, 2.45) is 0 Å². The van der Waals surface area contributed by atoms with Crippen molar-refractivity contribution in [3.63, 3.8) is 0 Å². The molecule has 0 fully saturated rings. The van der Waals surface area contributed by atoms with E-state index in [4.69, 9.17) is 23.8 Å². The molecule has 5 nitrogen and oxygen atoms in total. The molecule has 57 heavy (non-hydrogen) atoms. The predicted octanol–water partition coefficient (Wildman–Crippen LogP) is 14.0. The van der Waals surface area contributed by atoms with Crippen molar-refractivity contribution in [3.8, 4) is 67.5 Å². The van der Waals surface area contributed by atoms with Crippen LogP contribution in [0.4, 0.5) is 0 Å². The summed E-state index contributed by atoms with van der Waals surface area (Å²) in [6.07, 6.45) is 0. The molecular formula is C52H33N3O2. The van der Waals surface area contributed by atoms with E-state index in [1.807, 2.05) is 42.5 Å². The Labute approximate surface area is 328 Å². The molecule has 8 aromatic carbocycles. The lowest BCUT2D eigenvalue weighted by atomic mass is 9.96. The Bertz CT molecular complexity index is 3310. The summed E-state index contributed by atoms with van der Waals surface area (Å²) in [6.45, 7) is 2.11. The molecule has 5 heteroatoms. The van der Waals surface area contributed by atoms with E-state index in [0.717, 1.165) is 82.8 Å². The molecule has 0 saturated heterocycles. The topological polar surface area (TPSA) is 65.0 Å². The van der Waals surface area contributed by atoms with Gasteiger partial charge in [0.15, 0.2) is 17.5 Å². The summed E-state index contributed by atoms with van der Waals surface area (Å²) in [5.41, 5.74) is 13.9. The van der Waals surface area contributed by atoms with E-state index in [2.05, 4.69) is 146 Å². The number of hydrogen-bond donors (Lipinski definition) is 0. The van der Waals surface area contributed by atoms with Gasteiger partial charge >= 0.3 is 0 Å². The van der Waals surface area contributed by atoms with E-state index < -0.39 is 0 Å². The normalized spacial score (nSPS) is 11.6. The third-order valence-corrected chi connectivity index (χ3v) is 10.8. The summed E-state index contributed by atoms with van der Waals surface area (Å²) in [4.78, 5) is 15.3. The van der Waals surface area contributed by atoms with Gasteiger partial charge in [-0.2, -0.15) is 0 Å². The van der Waals surface area contributed by atoms with Crippen molar-refractivity contribution in [1.29, 1.82) is 0 Å². The summed E-state index contributed by atoms with van der Waals surface area (Å²) in [5.74, 6) is 1.70. The molecule has 0 saturated carbocycles. The third kappa shape index (κ3) is 5.85. The van der Waals surface area contributed by atoms with Crippen molar-refractivity contribution >= 4 is 43.9 Å². The van der Waals surface area contributed by atoms with Crippen LogP contribution in [0.15, 0.2) is 191 Å². The zero-order chi connectivity index (χ0) is 37.9. The lowest BCUT2D eigenvalue weighted by Gasteiger charge is -2.10. The SMILES string of the molecule is Cc1cccc(-c2cccc(-c3nc(-c4ccc5c(c4)oc4ccccc45)nc(-c4ccc5c(c4)oc4cccc(-c6ccc(-c7ccccc7)cc6)c45)n3)c2)c1. The molecule has 0 aliphatic carbocycles. The summed E-state index contributed by atoms with van der Waals surface area (Å²) in [5, 5.41) is 4.25. The van der Waals surface area contributed by atoms with Crippen LogP contribution in [0.1, 0.15) is 5.56 Å². The number of nitrogens with zero attached hydrogens (tertiary/aromatic N) is 3. The number of benzene rings is 8. The molecule has 11 aromatic rings. The van der Waals surface area contributed by atoms with Crippen molar-refractivity contribution in [3.05, 3.63) is 188 Å². The van der Waals surface area contributed by atoms with E-state index in [1.54, 1.807) is 0 Å². The summed E-state index contributed by atoms with van der Waals surface area (Å²) >= 11 is 0. The molecule has 0 aliphatic heterocycles. The Morgan fingerprint density at radius 3 is 1.56 bits per heavy atom. The van der Waals surface area contributed by atoms with Crippen molar-refractivity contribution in [1.82, 2.24) is 15.0 Å². The lowest BCUT2D eigenvalue weighted by molar-refractivity contribution is 0.668. The highest BCUT2D eigenvalue weighted by Gasteiger charge is 2.18. The van der Waals surface area contributed by atoms with Crippen LogP contribution in [0.2, 0.25) is 0 Å². The van der Waals surface area contributed by atoms with Crippen LogP contribution in [-0.2, 0) is 0 Å². The zero-order valence-electron chi connectivity index (χ0n) is 31.0. The maximum atomic E-state index is 6.57. The van der Waals surface area contributed by atoms with Gasteiger partial charge < -0.3 is 8.83 Å². The number of fused-ring (bicyclic) bond motifs is 6. The first kappa shape index (κ1) is 32.8. The third-order valence-electron chi connectivity index (χ3n) is 10.8. The van der Waals surface area contributed by atoms with Crippen molar-refractivity contribution in [2.75, 3.05) is 0 Å². The van der Waals surface area contributed by atoms with Crippen molar-refractivity contribution in [2.45, 2.75) is 6.92 Å². The standard InChI is InChI=1S/C52H33N3O2/c1-32-10-7-13-36(28-32)37-14-8-15-38(29-37)50-53-51(39-24-26-43-42-16-5-6-18-45(42)56-47(43)30-39)55-52(54-50)40-25-27-44-48(31-40)57-46-19-9-17-41(49(44)46)35-22-20-34(21-23-35)33-11-3-2-4-12-33/h2-31H,1H3. The number of furan rings is 2. The van der Waals surface area contributed by atoms with Gasteiger partial charge in [0, 0.05) is 38.2 Å². The Morgan fingerprint density at radius 1 is 0.316 bits per heavy atom. The predicted molar refractivity (Wildman–Crippen MR) is 232 cm³/mol. The Morgan fingerprint density at radius 2 is 0.807 bits per heavy atom. The largest absolute Gasteiger partial charge is 0.456 e. The lowest BCUT2D eigenvalue weighted by Crippen LogP contribution is -2.00. The molecule has 0 unspecified atom stereocenters. The van der Waals surface area contributed by atoms with E-state index in [0.29, 0.717) is 17.5 Å². The van der Waals surface area contributed by atoms with Crippen LogP contribution in [0, 0.1) is 6.92 Å². The molecule has 0 aliphatic rings. The maximum Gasteiger partial charge on any atom is 0.164 e. The highest BCUT2D eigenvalue weighted by atomic mass is 16.3. The van der Waals surface area contributed by atoms with E-state index in [9.17, 15) is 0 Å². The molecule has 0 amide bonds. The van der Waals surface area contributed by atoms with Gasteiger partial charge in [-0.05, 0) is 82.8 Å². The smallest absolute Gasteiger partial charge is 0.164 e. The highest BCUT2D eigenvalue weighted by molar-refractivity contribution is 6.13. The van der Waals surface area contributed by atoms with Gasteiger partial charge in [-0.15, -0.1) is 0 Å². The number of aromatic nitrogens is 3. The first-order valence-electron chi connectivity index (χ1n) is 19.1. The van der Waals surface area contributed by atoms with Crippen LogP contribution in [0.3, 0.4) is 0 Å². The minimum atomic E-state index is 0.555. The molecule has 268 valence electrons. The van der Waals surface area contributed by atoms with E-state index >= 15 is 0 Å². The molecule has 0 radical (unpaired) electrons. The molecule has 0 atom stereocenters. The van der Waals surface area contributed by atoms with Crippen LogP contribution in [0.25, 0.3) is 111 Å². The van der Waals surface area contributed by atoms with Crippen LogP contribution in [0.5, 0.6) is 0 Å². The highest BCUT2D eigenvalue weighted by Crippen LogP contribution is 2.39. The molecule has 11 rings (SSSR count). The molecule has 0 spiro atoms. The van der Waals surface area contributed by atoms with Gasteiger partial charge in [0.25, 0.3) is 0 Å². The molecule has 0 bridgehead atoms. The number of aryl methyl sites for hydroxylation is 1. The number of rotatable bonds is 6. The van der Waals surface area contributed by atoms with Crippen LogP contribution < -0.4 is 0 Å². The minimum absolute atomic E-state index is 0.555.